The van der Waals surface area contributed by atoms with Crippen molar-refractivity contribution in [1.82, 2.24) is 9.97 Å². The molecule has 0 aliphatic heterocycles. The van der Waals surface area contributed by atoms with Crippen LogP contribution >= 0.6 is 0 Å². The zero-order valence-corrected chi connectivity index (χ0v) is 11.1. The molecule has 1 aromatic heterocycles. The van der Waals surface area contributed by atoms with Crippen molar-refractivity contribution >= 4 is 16.7 Å². The van der Waals surface area contributed by atoms with E-state index in [4.69, 9.17) is 4.74 Å². The van der Waals surface area contributed by atoms with Crippen molar-refractivity contribution in [3.05, 3.63) is 30.6 Å². The second-order valence-corrected chi connectivity index (χ2v) is 4.69. The Kier molecular flexibility index (Phi) is 4.10. The number of nitrogens with zero attached hydrogens (tertiary/aromatic N) is 2. The molecule has 2 rings (SSSR count). The van der Waals surface area contributed by atoms with Crippen LogP contribution in [0.4, 0.5) is 5.82 Å². The summed E-state index contributed by atoms with van der Waals surface area (Å²) in [7, 11) is 1.72. The van der Waals surface area contributed by atoms with E-state index in [9.17, 15) is 0 Å². The lowest BCUT2D eigenvalue weighted by Crippen LogP contribution is -2.30. The van der Waals surface area contributed by atoms with E-state index in [2.05, 4.69) is 29.1 Å². The highest BCUT2D eigenvalue weighted by molar-refractivity contribution is 5.88. The molecule has 0 saturated carbocycles. The third-order valence-electron chi connectivity index (χ3n) is 3.02. The summed E-state index contributed by atoms with van der Waals surface area (Å²) in [6, 6.07) is 8.24. The Labute approximate surface area is 107 Å². The summed E-state index contributed by atoms with van der Waals surface area (Å²) in [4.78, 5) is 8.59. The third-order valence-corrected chi connectivity index (χ3v) is 3.02. The van der Waals surface area contributed by atoms with E-state index in [1.165, 1.54) is 0 Å². The lowest BCUT2D eigenvalue weighted by molar-refractivity contribution is 0.171. The molecule has 0 saturated heterocycles. The summed E-state index contributed by atoms with van der Waals surface area (Å²) in [6.07, 6.45) is 1.59. The average Bonchev–Trinajstić information content (AvgIpc) is 2.38. The van der Waals surface area contributed by atoms with E-state index in [0.29, 0.717) is 12.5 Å². The van der Waals surface area contributed by atoms with E-state index < -0.39 is 0 Å². The summed E-state index contributed by atoms with van der Waals surface area (Å²) < 4.78 is 5.24. The molecule has 18 heavy (non-hydrogen) atoms. The Morgan fingerprint density at radius 1 is 1.22 bits per heavy atom. The van der Waals surface area contributed by atoms with E-state index in [1.807, 2.05) is 24.3 Å². The molecule has 0 aliphatic rings. The maximum absolute atomic E-state index is 5.24. The number of aromatic nitrogens is 2. The maximum atomic E-state index is 5.24. The molecule has 0 amide bonds. The number of para-hydroxylation sites is 1. The lowest BCUT2D eigenvalue weighted by atomic mass is 10.1. The highest BCUT2D eigenvalue weighted by Gasteiger charge is 2.14. The number of rotatable bonds is 5. The minimum absolute atomic E-state index is 0.244. The van der Waals surface area contributed by atoms with Gasteiger partial charge in [0.15, 0.2) is 0 Å². The summed E-state index contributed by atoms with van der Waals surface area (Å²) in [5.41, 5.74) is 0.954. The third kappa shape index (κ3) is 2.76. The van der Waals surface area contributed by atoms with Gasteiger partial charge < -0.3 is 10.1 Å². The second kappa shape index (κ2) is 5.78. The minimum Gasteiger partial charge on any atom is -0.383 e. The summed E-state index contributed by atoms with van der Waals surface area (Å²) in [6.45, 7) is 5.00. The van der Waals surface area contributed by atoms with Gasteiger partial charge in [0, 0.05) is 12.5 Å². The van der Waals surface area contributed by atoms with Gasteiger partial charge in [0.25, 0.3) is 0 Å². The predicted octanol–water partition coefficient (Wildman–Crippen LogP) is 2.71. The Morgan fingerprint density at radius 2 is 2.00 bits per heavy atom. The molecule has 0 bridgehead atoms. The highest BCUT2D eigenvalue weighted by atomic mass is 16.5. The SMILES string of the molecule is COCC(Nc1ncnc2ccccc12)C(C)C. The largest absolute Gasteiger partial charge is 0.383 e. The molecule has 4 nitrogen and oxygen atoms in total. The first-order valence-corrected chi connectivity index (χ1v) is 6.17. The number of nitrogens with one attached hydrogen (secondary N) is 1. The number of hydrogen-bond acceptors (Lipinski definition) is 4. The fourth-order valence-electron chi connectivity index (χ4n) is 1.88. The monoisotopic (exact) mass is 245 g/mol. The quantitative estimate of drug-likeness (QED) is 0.879. The molecule has 1 unspecified atom stereocenters. The molecule has 0 fully saturated rings. The van der Waals surface area contributed by atoms with Crippen molar-refractivity contribution in [3.63, 3.8) is 0 Å². The molecule has 0 aliphatic carbocycles. The molecule has 0 spiro atoms. The van der Waals surface area contributed by atoms with E-state index in [1.54, 1.807) is 13.4 Å². The fourth-order valence-corrected chi connectivity index (χ4v) is 1.88. The summed E-state index contributed by atoms with van der Waals surface area (Å²) >= 11 is 0. The molecule has 4 heteroatoms. The van der Waals surface area contributed by atoms with Crippen LogP contribution in [0.5, 0.6) is 0 Å². The van der Waals surface area contributed by atoms with Crippen LogP contribution in [0.2, 0.25) is 0 Å². The van der Waals surface area contributed by atoms with Gasteiger partial charge in [-0.3, -0.25) is 0 Å². The Hall–Kier alpha value is -1.68. The van der Waals surface area contributed by atoms with Crippen LogP contribution in [0.3, 0.4) is 0 Å². The van der Waals surface area contributed by atoms with Gasteiger partial charge in [0.2, 0.25) is 0 Å². The summed E-state index contributed by atoms with van der Waals surface area (Å²) in [5.74, 6) is 1.34. The molecule has 96 valence electrons. The van der Waals surface area contributed by atoms with Gasteiger partial charge >= 0.3 is 0 Å². The highest BCUT2D eigenvalue weighted by Crippen LogP contribution is 2.20. The molecule has 0 radical (unpaired) electrons. The number of hydrogen-bond donors (Lipinski definition) is 1. The first-order chi connectivity index (χ1) is 8.72. The van der Waals surface area contributed by atoms with Gasteiger partial charge in [-0.2, -0.15) is 0 Å². The zero-order chi connectivity index (χ0) is 13.0. The molecular weight excluding hydrogens is 226 g/mol. The van der Waals surface area contributed by atoms with E-state index in [0.717, 1.165) is 16.7 Å². The van der Waals surface area contributed by atoms with Gasteiger partial charge in [-0.1, -0.05) is 26.0 Å². The topological polar surface area (TPSA) is 47.0 Å². The van der Waals surface area contributed by atoms with Crippen molar-refractivity contribution < 1.29 is 4.74 Å². The van der Waals surface area contributed by atoms with Crippen LogP contribution in [-0.4, -0.2) is 29.7 Å². The fraction of sp³-hybridized carbons (Fsp3) is 0.429. The molecule has 1 N–H and O–H groups in total. The summed E-state index contributed by atoms with van der Waals surface area (Å²) in [5, 5.41) is 4.49. The first-order valence-electron chi connectivity index (χ1n) is 6.17. The standard InChI is InChI=1S/C14H19N3O/c1-10(2)13(8-18-3)17-14-11-6-4-5-7-12(11)15-9-16-14/h4-7,9-10,13H,8H2,1-3H3,(H,15,16,17). The number of fused-ring (bicyclic) bond motifs is 1. The van der Waals surface area contributed by atoms with Gasteiger partial charge in [-0.05, 0) is 18.1 Å². The number of methoxy groups -OCH3 is 1. The van der Waals surface area contributed by atoms with Crippen LogP contribution in [-0.2, 0) is 4.74 Å². The molecular formula is C14H19N3O. The Bertz CT molecular complexity index is 508. The second-order valence-electron chi connectivity index (χ2n) is 4.69. The average molecular weight is 245 g/mol. The van der Waals surface area contributed by atoms with Crippen molar-refractivity contribution in [2.75, 3.05) is 19.0 Å². The van der Waals surface area contributed by atoms with E-state index in [-0.39, 0.29) is 6.04 Å². The number of ether oxygens (including phenoxy) is 1. The molecule has 1 heterocycles. The number of benzene rings is 1. The maximum Gasteiger partial charge on any atom is 0.137 e. The molecule has 1 aromatic carbocycles. The zero-order valence-electron chi connectivity index (χ0n) is 11.1. The minimum atomic E-state index is 0.244. The van der Waals surface area contributed by atoms with Crippen LogP contribution in [0.15, 0.2) is 30.6 Å². The van der Waals surface area contributed by atoms with E-state index >= 15 is 0 Å². The number of anilines is 1. The van der Waals surface area contributed by atoms with Gasteiger partial charge in [-0.25, -0.2) is 9.97 Å². The van der Waals surface area contributed by atoms with Crippen LogP contribution in [0.25, 0.3) is 10.9 Å². The van der Waals surface area contributed by atoms with Crippen molar-refractivity contribution in [3.8, 4) is 0 Å². The van der Waals surface area contributed by atoms with Gasteiger partial charge in [0.1, 0.15) is 12.1 Å². The van der Waals surface area contributed by atoms with Crippen LogP contribution < -0.4 is 5.32 Å². The molecule has 2 aromatic rings. The smallest absolute Gasteiger partial charge is 0.137 e. The van der Waals surface area contributed by atoms with Gasteiger partial charge in [0.05, 0.1) is 18.2 Å². The Morgan fingerprint density at radius 3 is 2.72 bits per heavy atom. The first kappa shape index (κ1) is 12.8. The van der Waals surface area contributed by atoms with Crippen LogP contribution in [0.1, 0.15) is 13.8 Å². The van der Waals surface area contributed by atoms with Gasteiger partial charge in [-0.15, -0.1) is 0 Å². The van der Waals surface area contributed by atoms with Crippen LogP contribution in [0, 0.1) is 5.92 Å². The van der Waals surface area contributed by atoms with Crippen molar-refractivity contribution in [2.24, 2.45) is 5.92 Å². The Balaban J connectivity index is 2.30. The predicted molar refractivity (Wildman–Crippen MR) is 73.7 cm³/mol. The molecule has 1 atom stereocenters. The normalized spacial score (nSPS) is 12.9. The lowest BCUT2D eigenvalue weighted by Gasteiger charge is -2.22. The van der Waals surface area contributed by atoms with Crippen molar-refractivity contribution in [1.29, 1.82) is 0 Å². The van der Waals surface area contributed by atoms with Crippen molar-refractivity contribution in [2.45, 2.75) is 19.9 Å².